The minimum atomic E-state index is -0.331. The molecule has 2 atom stereocenters. The maximum absolute atomic E-state index is 12.8. The molecule has 6 heteroatoms. The van der Waals surface area contributed by atoms with Crippen molar-refractivity contribution >= 4 is 23.6 Å². The Morgan fingerprint density at radius 2 is 2.07 bits per heavy atom. The van der Waals surface area contributed by atoms with Gasteiger partial charge in [0.1, 0.15) is 12.4 Å². The van der Waals surface area contributed by atoms with Crippen molar-refractivity contribution < 1.29 is 19.1 Å². The van der Waals surface area contributed by atoms with E-state index >= 15 is 0 Å². The second-order valence-corrected chi connectivity index (χ2v) is 7.61. The molecule has 2 aromatic rings. The molecule has 2 heterocycles. The first kappa shape index (κ1) is 20.2. The molecule has 0 spiro atoms. The van der Waals surface area contributed by atoms with E-state index in [1.54, 1.807) is 11.1 Å². The van der Waals surface area contributed by atoms with Crippen LogP contribution in [-0.4, -0.2) is 36.0 Å². The van der Waals surface area contributed by atoms with Gasteiger partial charge in [0.05, 0.1) is 18.6 Å². The van der Waals surface area contributed by atoms with Gasteiger partial charge in [-0.3, -0.25) is 9.59 Å². The number of rotatable bonds is 6. The quantitative estimate of drug-likeness (QED) is 0.783. The fourth-order valence-electron chi connectivity index (χ4n) is 3.93. The zero-order chi connectivity index (χ0) is 20.9. The molecule has 30 heavy (non-hydrogen) atoms. The zero-order valence-electron chi connectivity index (χ0n) is 17.0. The van der Waals surface area contributed by atoms with Gasteiger partial charge >= 0.3 is 0 Å². The maximum Gasteiger partial charge on any atom is 0.226 e. The first-order chi connectivity index (χ1) is 14.6. The first-order valence-electron chi connectivity index (χ1n) is 10.3. The van der Waals surface area contributed by atoms with Crippen LogP contribution in [0.3, 0.4) is 0 Å². The van der Waals surface area contributed by atoms with Crippen LogP contribution in [0.2, 0.25) is 0 Å². The van der Waals surface area contributed by atoms with Gasteiger partial charge in [0.25, 0.3) is 0 Å². The molecule has 1 fully saturated rings. The average Bonchev–Trinajstić information content (AvgIpc) is 3.26. The molecule has 6 nitrogen and oxygen atoms in total. The molecule has 1 saturated heterocycles. The topological polar surface area (TPSA) is 67.9 Å². The van der Waals surface area contributed by atoms with E-state index in [9.17, 15) is 9.59 Å². The molecule has 0 aromatic heterocycles. The fraction of sp³-hybridized carbons (Fsp3) is 0.333. The average molecular weight is 406 g/mol. The van der Waals surface area contributed by atoms with Gasteiger partial charge in [-0.1, -0.05) is 30.3 Å². The highest BCUT2D eigenvalue weighted by Gasteiger charge is 2.28. The largest absolute Gasteiger partial charge is 0.491 e. The second-order valence-electron chi connectivity index (χ2n) is 7.61. The van der Waals surface area contributed by atoms with Crippen LogP contribution in [0.25, 0.3) is 6.08 Å². The van der Waals surface area contributed by atoms with Crippen LogP contribution < -0.4 is 10.1 Å². The summed E-state index contributed by atoms with van der Waals surface area (Å²) in [5.41, 5.74) is 2.66. The third-order valence-corrected chi connectivity index (χ3v) is 5.43. The predicted octanol–water partition coefficient (Wildman–Crippen LogP) is 4.15. The molecule has 2 amide bonds. The van der Waals surface area contributed by atoms with Crippen LogP contribution in [0.4, 0.5) is 5.69 Å². The molecule has 2 aliphatic rings. The number of nitrogens with zero attached hydrogens (tertiary/aromatic N) is 1. The Labute approximate surface area is 176 Å². The highest BCUT2D eigenvalue weighted by atomic mass is 16.5. The van der Waals surface area contributed by atoms with E-state index in [4.69, 9.17) is 9.47 Å². The monoisotopic (exact) mass is 406 g/mol. The lowest BCUT2D eigenvalue weighted by atomic mass is 9.93. The summed E-state index contributed by atoms with van der Waals surface area (Å²) in [5, 5.41) is 2.94. The second kappa shape index (κ2) is 9.13. The molecule has 0 bridgehead atoms. The lowest BCUT2D eigenvalue weighted by Crippen LogP contribution is -2.33. The Morgan fingerprint density at radius 1 is 1.20 bits per heavy atom. The van der Waals surface area contributed by atoms with Crippen molar-refractivity contribution in [2.45, 2.75) is 38.3 Å². The number of carbonyl (C=O) groups excluding carboxylic acids is 2. The lowest BCUT2D eigenvalue weighted by molar-refractivity contribution is -0.129. The predicted molar refractivity (Wildman–Crippen MR) is 115 cm³/mol. The van der Waals surface area contributed by atoms with Crippen LogP contribution in [0, 0.1) is 0 Å². The third kappa shape index (κ3) is 4.71. The number of carbonyl (C=O) groups is 2. The number of amides is 2. The van der Waals surface area contributed by atoms with E-state index in [0.29, 0.717) is 18.0 Å². The summed E-state index contributed by atoms with van der Waals surface area (Å²) in [6, 6.07) is 14.9. The van der Waals surface area contributed by atoms with Gasteiger partial charge in [-0.25, -0.2) is 0 Å². The van der Waals surface area contributed by atoms with Gasteiger partial charge in [0.15, 0.2) is 0 Å². The molecule has 0 saturated carbocycles. The van der Waals surface area contributed by atoms with E-state index < -0.39 is 0 Å². The molecule has 0 radical (unpaired) electrons. The number of hydrogen-bond acceptors (Lipinski definition) is 4. The highest BCUT2D eigenvalue weighted by Crippen LogP contribution is 2.33. The Kier molecular flexibility index (Phi) is 6.14. The molecule has 156 valence electrons. The normalized spacial score (nSPS) is 20.0. The van der Waals surface area contributed by atoms with Gasteiger partial charge in [-0.05, 0) is 42.2 Å². The molecule has 2 unspecified atom stereocenters. The Morgan fingerprint density at radius 3 is 2.87 bits per heavy atom. The summed E-state index contributed by atoms with van der Waals surface area (Å²) in [6.07, 6.45) is 6.05. The minimum absolute atomic E-state index is 0.0944. The minimum Gasteiger partial charge on any atom is -0.491 e. The number of fused-ring (bicyclic) bond motifs is 1. The molecular formula is C24H26N2O4. The molecule has 2 aliphatic heterocycles. The van der Waals surface area contributed by atoms with Crippen molar-refractivity contribution in [1.29, 1.82) is 0 Å². The van der Waals surface area contributed by atoms with Gasteiger partial charge < -0.3 is 19.7 Å². The van der Waals surface area contributed by atoms with Gasteiger partial charge in [0, 0.05) is 31.5 Å². The molecular weight excluding hydrogens is 380 g/mol. The molecule has 1 N–H and O–H groups in total. The van der Waals surface area contributed by atoms with E-state index in [-0.39, 0.29) is 30.4 Å². The van der Waals surface area contributed by atoms with E-state index in [0.717, 1.165) is 30.6 Å². The van der Waals surface area contributed by atoms with Gasteiger partial charge in [0.2, 0.25) is 11.8 Å². The Bertz CT molecular complexity index is 950. The number of benzene rings is 2. The van der Waals surface area contributed by atoms with Crippen LogP contribution >= 0.6 is 0 Å². The van der Waals surface area contributed by atoms with E-state index in [1.165, 1.54) is 6.92 Å². The van der Waals surface area contributed by atoms with Crippen LogP contribution in [0.5, 0.6) is 5.75 Å². The number of ether oxygens (including phenoxy) is 2. The number of anilines is 1. The van der Waals surface area contributed by atoms with Gasteiger partial charge in [-0.2, -0.15) is 0 Å². The van der Waals surface area contributed by atoms with Crippen LogP contribution in [-0.2, 0) is 14.3 Å². The Balaban J connectivity index is 1.41. The van der Waals surface area contributed by atoms with Crippen LogP contribution in [0.15, 0.2) is 54.7 Å². The summed E-state index contributed by atoms with van der Waals surface area (Å²) < 4.78 is 11.4. The third-order valence-electron chi connectivity index (χ3n) is 5.43. The summed E-state index contributed by atoms with van der Waals surface area (Å²) in [7, 11) is 0. The van der Waals surface area contributed by atoms with E-state index in [1.807, 2.05) is 54.6 Å². The smallest absolute Gasteiger partial charge is 0.226 e. The first-order valence-corrected chi connectivity index (χ1v) is 10.3. The Hall–Kier alpha value is -3.12. The summed E-state index contributed by atoms with van der Waals surface area (Å²) in [6.45, 7) is 2.81. The molecule has 0 aliphatic carbocycles. The van der Waals surface area contributed by atoms with Crippen LogP contribution in [0.1, 0.15) is 43.4 Å². The fourth-order valence-corrected chi connectivity index (χ4v) is 3.93. The number of hydrogen-bond donors (Lipinski definition) is 1. The molecule has 2 aromatic carbocycles. The van der Waals surface area contributed by atoms with E-state index in [2.05, 4.69) is 5.32 Å². The maximum atomic E-state index is 12.8. The van der Waals surface area contributed by atoms with Crippen molar-refractivity contribution in [3.05, 3.63) is 65.9 Å². The van der Waals surface area contributed by atoms with Gasteiger partial charge in [-0.15, -0.1) is 0 Å². The SMILES string of the molecule is CC(=O)N1C=Cc2ccccc2C1CC(=O)Nc1cccc(OCC2CCCO2)c1. The van der Waals surface area contributed by atoms with Crippen molar-refractivity contribution in [2.75, 3.05) is 18.5 Å². The van der Waals surface area contributed by atoms with Crippen molar-refractivity contribution in [2.24, 2.45) is 0 Å². The summed E-state index contributed by atoms with van der Waals surface area (Å²) in [4.78, 5) is 26.5. The lowest BCUT2D eigenvalue weighted by Gasteiger charge is -2.32. The standard InChI is InChI=1S/C24H26N2O4/c1-17(27)26-12-11-18-6-2-3-10-22(18)23(26)15-24(28)25-19-7-4-8-20(14-19)30-16-21-9-5-13-29-21/h2-4,6-8,10-12,14,21,23H,5,9,13,15-16H2,1H3,(H,25,28). The van der Waals surface area contributed by atoms with Crippen molar-refractivity contribution in [3.63, 3.8) is 0 Å². The number of nitrogens with one attached hydrogen (secondary N) is 1. The zero-order valence-corrected chi connectivity index (χ0v) is 17.0. The summed E-state index contributed by atoms with van der Waals surface area (Å²) >= 11 is 0. The van der Waals surface area contributed by atoms with Crippen molar-refractivity contribution in [1.82, 2.24) is 4.90 Å². The summed E-state index contributed by atoms with van der Waals surface area (Å²) in [5.74, 6) is 0.440. The molecule has 4 rings (SSSR count). The van der Waals surface area contributed by atoms with Crippen molar-refractivity contribution in [3.8, 4) is 5.75 Å². The highest BCUT2D eigenvalue weighted by molar-refractivity contribution is 5.92.